The van der Waals surface area contributed by atoms with Crippen molar-refractivity contribution in [2.45, 2.75) is 19.4 Å². The zero-order valence-corrected chi connectivity index (χ0v) is 11.9. The zero-order chi connectivity index (χ0) is 14.5. The minimum Gasteiger partial charge on any atom is -0.478 e. The lowest BCUT2D eigenvalue weighted by molar-refractivity contribution is 0.0697. The molecule has 1 unspecified atom stereocenters. The molecule has 0 saturated carbocycles. The van der Waals surface area contributed by atoms with Gasteiger partial charge in [0.25, 0.3) is 0 Å². The zero-order valence-electron chi connectivity index (χ0n) is 11.1. The van der Waals surface area contributed by atoms with Gasteiger partial charge >= 0.3 is 5.97 Å². The molecule has 0 radical (unpaired) electrons. The van der Waals surface area contributed by atoms with Gasteiger partial charge in [0.15, 0.2) is 0 Å². The topological polar surface area (TPSA) is 49.3 Å². The molecule has 0 fully saturated rings. The van der Waals surface area contributed by atoms with Gasteiger partial charge in [-0.25, -0.2) is 4.79 Å². The molecule has 0 spiro atoms. The largest absolute Gasteiger partial charge is 0.478 e. The van der Waals surface area contributed by atoms with Gasteiger partial charge in [-0.3, -0.25) is 0 Å². The SMILES string of the molecule is CC(Cc1ccc(Cl)cc1)Nc1ccc(C(=O)O)cc1. The molecule has 2 rings (SSSR count). The third-order valence-corrected chi connectivity index (χ3v) is 3.25. The van der Waals surface area contributed by atoms with E-state index in [0.717, 1.165) is 17.1 Å². The Bertz CT molecular complexity index is 578. The van der Waals surface area contributed by atoms with Crippen molar-refractivity contribution < 1.29 is 9.90 Å². The van der Waals surface area contributed by atoms with Gasteiger partial charge in [0.2, 0.25) is 0 Å². The van der Waals surface area contributed by atoms with E-state index < -0.39 is 5.97 Å². The number of hydrogen-bond donors (Lipinski definition) is 2. The van der Waals surface area contributed by atoms with Crippen LogP contribution in [0.4, 0.5) is 5.69 Å². The molecular weight excluding hydrogens is 274 g/mol. The van der Waals surface area contributed by atoms with Gasteiger partial charge in [0, 0.05) is 16.8 Å². The van der Waals surface area contributed by atoms with Crippen molar-refractivity contribution in [2.24, 2.45) is 0 Å². The van der Waals surface area contributed by atoms with Crippen molar-refractivity contribution in [3.05, 3.63) is 64.7 Å². The fourth-order valence-corrected chi connectivity index (χ4v) is 2.14. The molecule has 0 aliphatic carbocycles. The van der Waals surface area contributed by atoms with Gasteiger partial charge in [-0.2, -0.15) is 0 Å². The van der Waals surface area contributed by atoms with Gasteiger partial charge in [0.05, 0.1) is 5.56 Å². The highest BCUT2D eigenvalue weighted by Gasteiger charge is 2.05. The quantitative estimate of drug-likeness (QED) is 0.872. The molecule has 4 heteroatoms. The van der Waals surface area contributed by atoms with Gasteiger partial charge in [-0.1, -0.05) is 23.7 Å². The second-order valence-corrected chi connectivity index (χ2v) is 5.19. The number of halogens is 1. The van der Waals surface area contributed by atoms with Crippen LogP contribution in [0.5, 0.6) is 0 Å². The summed E-state index contributed by atoms with van der Waals surface area (Å²) >= 11 is 5.85. The summed E-state index contributed by atoms with van der Waals surface area (Å²) in [6.45, 7) is 2.08. The first-order valence-corrected chi connectivity index (χ1v) is 6.77. The molecule has 0 saturated heterocycles. The van der Waals surface area contributed by atoms with E-state index in [-0.39, 0.29) is 6.04 Å². The fraction of sp³-hybridized carbons (Fsp3) is 0.188. The maximum atomic E-state index is 10.8. The van der Waals surface area contributed by atoms with Crippen molar-refractivity contribution in [3.63, 3.8) is 0 Å². The van der Waals surface area contributed by atoms with Crippen LogP contribution < -0.4 is 5.32 Å². The minimum atomic E-state index is -0.911. The van der Waals surface area contributed by atoms with Crippen LogP contribution in [0.2, 0.25) is 5.02 Å². The molecule has 2 aromatic rings. The van der Waals surface area contributed by atoms with Gasteiger partial charge < -0.3 is 10.4 Å². The van der Waals surface area contributed by atoms with Gasteiger partial charge in [-0.15, -0.1) is 0 Å². The maximum Gasteiger partial charge on any atom is 0.335 e. The molecule has 0 bridgehead atoms. The van der Waals surface area contributed by atoms with E-state index in [0.29, 0.717) is 5.56 Å². The second kappa shape index (κ2) is 6.44. The number of carbonyl (C=O) groups is 1. The highest BCUT2D eigenvalue weighted by molar-refractivity contribution is 6.30. The number of carboxylic acid groups (broad SMARTS) is 1. The molecule has 0 aliphatic rings. The van der Waals surface area contributed by atoms with Crippen molar-refractivity contribution in [3.8, 4) is 0 Å². The van der Waals surface area contributed by atoms with Crippen molar-refractivity contribution in [1.29, 1.82) is 0 Å². The smallest absolute Gasteiger partial charge is 0.335 e. The Kier molecular flexibility index (Phi) is 4.64. The highest BCUT2D eigenvalue weighted by atomic mass is 35.5. The molecule has 2 N–H and O–H groups in total. The van der Waals surface area contributed by atoms with Gasteiger partial charge in [-0.05, 0) is 55.3 Å². The minimum absolute atomic E-state index is 0.242. The number of aromatic carboxylic acids is 1. The first-order valence-electron chi connectivity index (χ1n) is 6.39. The van der Waals surface area contributed by atoms with Gasteiger partial charge in [0.1, 0.15) is 0 Å². The summed E-state index contributed by atoms with van der Waals surface area (Å²) in [6, 6.07) is 14.8. The van der Waals surface area contributed by atoms with E-state index in [4.69, 9.17) is 16.7 Å². The molecular formula is C16H16ClNO2. The number of rotatable bonds is 5. The van der Waals surface area contributed by atoms with Crippen molar-refractivity contribution in [1.82, 2.24) is 0 Å². The van der Waals surface area contributed by atoms with E-state index in [9.17, 15) is 4.79 Å². The lowest BCUT2D eigenvalue weighted by Crippen LogP contribution is -2.18. The Morgan fingerprint density at radius 2 is 1.75 bits per heavy atom. The highest BCUT2D eigenvalue weighted by Crippen LogP contribution is 2.15. The monoisotopic (exact) mass is 289 g/mol. The summed E-state index contributed by atoms with van der Waals surface area (Å²) in [6.07, 6.45) is 0.873. The Balaban J connectivity index is 1.95. The van der Waals surface area contributed by atoms with E-state index in [1.807, 2.05) is 24.3 Å². The Morgan fingerprint density at radius 3 is 2.30 bits per heavy atom. The summed E-state index contributed by atoms with van der Waals surface area (Å²) in [5.41, 5.74) is 2.41. The van der Waals surface area contributed by atoms with Crippen LogP contribution in [-0.4, -0.2) is 17.1 Å². The molecule has 104 valence electrons. The van der Waals surface area contributed by atoms with Crippen LogP contribution in [0.15, 0.2) is 48.5 Å². The summed E-state index contributed by atoms with van der Waals surface area (Å²) in [4.78, 5) is 10.8. The van der Waals surface area contributed by atoms with Crippen LogP contribution in [0.25, 0.3) is 0 Å². The second-order valence-electron chi connectivity index (χ2n) is 4.76. The Labute approximate surface area is 123 Å². The van der Waals surface area contributed by atoms with Crippen LogP contribution in [0, 0.1) is 0 Å². The lowest BCUT2D eigenvalue weighted by atomic mass is 10.1. The normalized spacial score (nSPS) is 11.9. The van der Waals surface area contributed by atoms with Crippen LogP contribution in [0.3, 0.4) is 0 Å². The average Bonchev–Trinajstić information content (AvgIpc) is 2.42. The van der Waals surface area contributed by atoms with E-state index in [2.05, 4.69) is 12.2 Å². The van der Waals surface area contributed by atoms with Crippen LogP contribution in [0.1, 0.15) is 22.8 Å². The first-order chi connectivity index (χ1) is 9.54. The van der Waals surface area contributed by atoms with Crippen molar-refractivity contribution >= 4 is 23.3 Å². The molecule has 0 amide bonds. The van der Waals surface area contributed by atoms with E-state index >= 15 is 0 Å². The van der Waals surface area contributed by atoms with Crippen LogP contribution >= 0.6 is 11.6 Å². The molecule has 0 aromatic heterocycles. The summed E-state index contributed by atoms with van der Waals surface area (Å²) in [5, 5.41) is 12.9. The van der Waals surface area contributed by atoms with E-state index in [1.54, 1.807) is 24.3 Å². The number of anilines is 1. The molecule has 3 nitrogen and oxygen atoms in total. The molecule has 0 aliphatic heterocycles. The average molecular weight is 290 g/mol. The predicted molar refractivity (Wildman–Crippen MR) is 81.6 cm³/mol. The first kappa shape index (κ1) is 14.4. The third-order valence-electron chi connectivity index (χ3n) is 3.00. The van der Waals surface area contributed by atoms with Crippen LogP contribution in [-0.2, 0) is 6.42 Å². The standard InChI is InChI=1S/C16H16ClNO2/c1-11(10-12-2-6-14(17)7-3-12)18-15-8-4-13(5-9-15)16(19)20/h2-9,11,18H,10H2,1H3,(H,19,20). The number of nitrogens with one attached hydrogen (secondary N) is 1. The summed E-state index contributed by atoms with van der Waals surface area (Å²) < 4.78 is 0. The fourth-order valence-electron chi connectivity index (χ4n) is 2.02. The molecule has 0 heterocycles. The third kappa shape index (κ3) is 4.00. The number of hydrogen-bond acceptors (Lipinski definition) is 2. The Morgan fingerprint density at radius 1 is 1.15 bits per heavy atom. The summed E-state index contributed by atoms with van der Waals surface area (Å²) in [5.74, 6) is -0.911. The van der Waals surface area contributed by atoms with E-state index in [1.165, 1.54) is 5.56 Å². The Hall–Kier alpha value is -2.00. The summed E-state index contributed by atoms with van der Waals surface area (Å²) in [7, 11) is 0. The number of benzene rings is 2. The predicted octanol–water partition coefficient (Wildman–Crippen LogP) is 4.08. The number of carboxylic acids is 1. The molecule has 1 atom stereocenters. The maximum absolute atomic E-state index is 10.8. The van der Waals surface area contributed by atoms with Crippen molar-refractivity contribution in [2.75, 3.05) is 5.32 Å². The lowest BCUT2D eigenvalue weighted by Gasteiger charge is -2.15. The molecule has 2 aromatic carbocycles. The molecule has 20 heavy (non-hydrogen) atoms.